The van der Waals surface area contributed by atoms with Crippen LogP contribution in [-0.4, -0.2) is 14.5 Å². The summed E-state index contributed by atoms with van der Waals surface area (Å²) in [6.45, 7) is 1.96. The molecule has 1 aliphatic heterocycles. The second-order valence-electron chi connectivity index (χ2n) is 5.22. The Bertz CT molecular complexity index is 710. The van der Waals surface area contributed by atoms with E-state index in [2.05, 4.69) is 0 Å². The van der Waals surface area contributed by atoms with Crippen LogP contribution in [0.1, 0.15) is 18.1 Å². The first-order valence-electron chi connectivity index (χ1n) is 6.72. The third kappa shape index (κ3) is 2.31. The summed E-state index contributed by atoms with van der Waals surface area (Å²) in [6, 6.07) is 17.1. The highest BCUT2D eigenvalue weighted by molar-refractivity contribution is 7.92. The molecule has 0 fully saturated rings. The fourth-order valence-corrected chi connectivity index (χ4v) is 4.67. The Kier molecular flexibility index (Phi) is 3.26. The standard InChI is InChI=1S/C16H17NO2S/c1-13-11-15-9-5-6-10-16(15)17(13)20(18,19)12-14-7-3-2-4-8-14/h2-10,13H,11-12H2,1H3. The molecule has 0 aliphatic carbocycles. The minimum absolute atomic E-state index is 0.0129. The number of anilines is 1. The third-order valence-electron chi connectivity index (χ3n) is 3.64. The van der Waals surface area contributed by atoms with E-state index in [0.717, 1.165) is 23.2 Å². The number of nitrogens with zero attached hydrogens (tertiary/aromatic N) is 1. The lowest BCUT2D eigenvalue weighted by atomic mass is 10.1. The van der Waals surface area contributed by atoms with Gasteiger partial charge in [-0.25, -0.2) is 8.42 Å². The van der Waals surface area contributed by atoms with Gasteiger partial charge in [-0.3, -0.25) is 4.31 Å². The molecule has 0 aromatic heterocycles. The smallest absolute Gasteiger partial charge is 0.239 e. The second kappa shape index (κ2) is 4.94. The van der Waals surface area contributed by atoms with E-state index in [1.165, 1.54) is 0 Å². The van der Waals surface area contributed by atoms with Gasteiger partial charge in [0.05, 0.1) is 11.4 Å². The molecule has 3 rings (SSSR count). The Labute approximate surface area is 119 Å². The van der Waals surface area contributed by atoms with E-state index >= 15 is 0 Å². The summed E-state index contributed by atoms with van der Waals surface area (Å²) in [7, 11) is -3.34. The number of fused-ring (bicyclic) bond motifs is 1. The summed E-state index contributed by atoms with van der Waals surface area (Å²) in [5.41, 5.74) is 2.76. The molecule has 0 radical (unpaired) electrons. The van der Waals surface area contributed by atoms with Crippen LogP contribution in [0.15, 0.2) is 54.6 Å². The van der Waals surface area contributed by atoms with Crippen LogP contribution in [0.4, 0.5) is 5.69 Å². The number of rotatable bonds is 3. The molecule has 1 heterocycles. The van der Waals surface area contributed by atoms with Crippen LogP contribution < -0.4 is 4.31 Å². The summed E-state index contributed by atoms with van der Waals surface area (Å²) in [5.74, 6) is 0.0481. The number of sulfonamides is 1. The van der Waals surface area contributed by atoms with Gasteiger partial charge in [-0.2, -0.15) is 0 Å². The number of hydrogen-bond donors (Lipinski definition) is 0. The summed E-state index contributed by atoms with van der Waals surface area (Å²) < 4.78 is 27.0. The van der Waals surface area contributed by atoms with Crippen molar-refractivity contribution < 1.29 is 8.42 Å². The van der Waals surface area contributed by atoms with Crippen LogP contribution in [0.5, 0.6) is 0 Å². The van der Waals surface area contributed by atoms with Crippen molar-refractivity contribution in [1.29, 1.82) is 0 Å². The van der Waals surface area contributed by atoms with Gasteiger partial charge in [-0.1, -0.05) is 48.5 Å². The van der Waals surface area contributed by atoms with E-state index in [9.17, 15) is 8.42 Å². The van der Waals surface area contributed by atoms with E-state index in [1.807, 2.05) is 61.5 Å². The zero-order chi connectivity index (χ0) is 14.2. The van der Waals surface area contributed by atoms with Crippen molar-refractivity contribution in [1.82, 2.24) is 0 Å². The van der Waals surface area contributed by atoms with E-state index in [1.54, 1.807) is 4.31 Å². The topological polar surface area (TPSA) is 37.4 Å². The third-order valence-corrected chi connectivity index (χ3v) is 5.49. The SMILES string of the molecule is CC1Cc2ccccc2N1S(=O)(=O)Cc1ccccc1. The number of hydrogen-bond acceptors (Lipinski definition) is 2. The molecule has 0 amide bonds. The fraction of sp³-hybridized carbons (Fsp3) is 0.250. The van der Waals surface area contributed by atoms with Gasteiger partial charge < -0.3 is 0 Å². The zero-order valence-electron chi connectivity index (χ0n) is 11.4. The van der Waals surface area contributed by atoms with Gasteiger partial charge in [-0.05, 0) is 30.5 Å². The normalized spacial score (nSPS) is 18.1. The Morgan fingerprint density at radius 3 is 2.45 bits per heavy atom. The molecular formula is C16H17NO2S. The van der Waals surface area contributed by atoms with Crippen molar-refractivity contribution in [2.24, 2.45) is 0 Å². The predicted octanol–water partition coefficient (Wildman–Crippen LogP) is 2.97. The Morgan fingerprint density at radius 1 is 1.05 bits per heavy atom. The van der Waals surface area contributed by atoms with Crippen molar-refractivity contribution in [3.8, 4) is 0 Å². The van der Waals surface area contributed by atoms with Crippen LogP contribution in [0.25, 0.3) is 0 Å². The first-order chi connectivity index (χ1) is 9.58. The largest absolute Gasteiger partial charge is 0.267 e. The van der Waals surface area contributed by atoms with Gasteiger partial charge in [0.25, 0.3) is 0 Å². The van der Waals surface area contributed by atoms with Gasteiger partial charge in [0, 0.05) is 6.04 Å². The van der Waals surface area contributed by atoms with Crippen molar-refractivity contribution in [2.75, 3.05) is 4.31 Å². The second-order valence-corrected chi connectivity index (χ2v) is 7.07. The lowest BCUT2D eigenvalue weighted by molar-refractivity contribution is 0.583. The number of benzene rings is 2. The summed E-state index contributed by atoms with van der Waals surface area (Å²) >= 11 is 0. The van der Waals surface area contributed by atoms with Gasteiger partial charge in [0.15, 0.2) is 0 Å². The highest BCUT2D eigenvalue weighted by atomic mass is 32.2. The Hall–Kier alpha value is -1.81. The van der Waals surface area contributed by atoms with Gasteiger partial charge in [-0.15, -0.1) is 0 Å². The molecule has 104 valence electrons. The van der Waals surface area contributed by atoms with E-state index < -0.39 is 10.0 Å². The molecule has 1 unspecified atom stereocenters. The van der Waals surface area contributed by atoms with Crippen molar-refractivity contribution in [3.63, 3.8) is 0 Å². The average molecular weight is 287 g/mol. The first-order valence-corrected chi connectivity index (χ1v) is 8.33. The minimum Gasteiger partial charge on any atom is -0.267 e. The molecule has 3 nitrogen and oxygen atoms in total. The van der Waals surface area contributed by atoms with Crippen LogP contribution >= 0.6 is 0 Å². The molecule has 0 bridgehead atoms. The van der Waals surface area contributed by atoms with E-state index in [0.29, 0.717) is 0 Å². The lowest BCUT2D eigenvalue weighted by Crippen LogP contribution is -2.36. The molecule has 20 heavy (non-hydrogen) atoms. The zero-order valence-corrected chi connectivity index (χ0v) is 12.2. The van der Waals surface area contributed by atoms with Crippen molar-refractivity contribution in [3.05, 3.63) is 65.7 Å². The molecule has 0 saturated carbocycles. The molecule has 1 aliphatic rings. The molecule has 4 heteroatoms. The maximum atomic E-state index is 12.7. The van der Waals surface area contributed by atoms with Crippen LogP contribution in [0.2, 0.25) is 0 Å². The molecule has 2 aromatic rings. The minimum atomic E-state index is -3.34. The van der Waals surface area contributed by atoms with Crippen molar-refractivity contribution in [2.45, 2.75) is 25.1 Å². The van der Waals surface area contributed by atoms with Gasteiger partial charge >= 0.3 is 0 Å². The first kappa shape index (κ1) is 13.2. The molecule has 0 spiro atoms. The fourth-order valence-electron chi connectivity index (χ4n) is 2.82. The quantitative estimate of drug-likeness (QED) is 0.870. The average Bonchev–Trinajstić information content (AvgIpc) is 2.75. The van der Waals surface area contributed by atoms with E-state index in [-0.39, 0.29) is 11.8 Å². The van der Waals surface area contributed by atoms with Gasteiger partial charge in [0.1, 0.15) is 0 Å². The molecule has 1 atom stereocenters. The van der Waals surface area contributed by atoms with Crippen LogP contribution in [0.3, 0.4) is 0 Å². The highest BCUT2D eigenvalue weighted by Crippen LogP contribution is 2.35. The summed E-state index contributed by atoms with van der Waals surface area (Å²) in [6.07, 6.45) is 0.782. The molecule has 0 saturated heterocycles. The summed E-state index contributed by atoms with van der Waals surface area (Å²) in [5, 5.41) is 0. The van der Waals surface area contributed by atoms with E-state index in [4.69, 9.17) is 0 Å². The number of para-hydroxylation sites is 1. The van der Waals surface area contributed by atoms with Crippen LogP contribution in [0, 0.1) is 0 Å². The monoisotopic (exact) mass is 287 g/mol. The maximum Gasteiger partial charge on any atom is 0.239 e. The Morgan fingerprint density at radius 2 is 1.70 bits per heavy atom. The van der Waals surface area contributed by atoms with Crippen LogP contribution in [-0.2, 0) is 22.2 Å². The molecular weight excluding hydrogens is 270 g/mol. The van der Waals surface area contributed by atoms with Gasteiger partial charge in [0.2, 0.25) is 10.0 Å². The molecule has 2 aromatic carbocycles. The molecule has 0 N–H and O–H groups in total. The maximum absolute atomic E-state index is 12.7. The Balaban J connectivity index is 1.96. The predicted molar refractivity (Wildman–Crippen MR) is 81.2 cm³/mol. The highest BCUT2D eigenvalue weighted by Gasteiger charge is 2.34. The lowest BCUT2D eigenvalue weighted by Gasteiger charge is -2.24. The summed E-state index contributed by atoms with van der Waals surface area (Å²) in [4.78, 5) is 0. The van der Waals surface area contributed by atoms with Crippen molar-refractivity contribution >= 4 is 15.7 Å².